The molecule has 0 unspecified atom stereocenters. The van der Waals surface area contributed by atoms with Gasteiger partial charge in [0.25, 0.3) is 5.91 Å². The highest BCUT2D eigenvalue weighted by Gasteiger charge is 2.16. The van der Waals surface area contributed by atoms with Crippen molar-refractivity contribution >= 4 is 46.9 Å². The summed E-state index contributed by atoms with van der Waals surface area (Å²) in [4.78, 5) is 35.1. The molecule has 0 saturated heterocycles. The number of amides is 1. The topological polar surface area (TPSA) is 141 Å². The molecule has 0 radical (unpaired) electrons. The summed E-state index contributed by atoms with van der Waals surface area (Å²) in [6.07, 6.45) is 1.37. The molecule has 2 aromatic carbocycles. The quantitative estimate of drug-likeness (QED) is 0.291. The molecular weight excluding hydrogens is 436 g/mol. The Hall–Kier alpha value is -4.17. The van der Waals surface area contributed by atoms with Crippen LogP contribution in [0.4, 0.5) is 5.69 Å². The van der Waals surface area contributed by atoms with E-state index in [4.69, 9.17) is 26.5 Å². The average Bonchev–Trinajstić information content (AvgIpc) is 3.20. The number of carboxylic acids is 2. The fraction of sp³-hybridized carbons (Fsp3) is 0.0435. The number of nitrogens with one attached hydrogen (secondary N) is 2. The Morgan fingerprint density at radius 3 is 2.44 bits per heavy atom. The predicted octanol–water partition coefficient (Wildman–Crippen LogP) is 5.06. The lowest BCUT2D eigenvalue weighted by molar-refractivity contribution is -0.112. The fourth-order valence-corrected chi connectivity index (χ4v) is 3.04. The first-order valence-electron chi connectivity index (χ1n) is 9.20. The summed E-state index contributed by atoms with van der Waals surface area (Å²) in [5.74, 6) is -2.29. The minimum atomic E-state index is -1.17. The van der Waals surface area contributed by atoms with Gasteiger partial charge in [-0.2, -0.15) is 0 Å². The summed E-state index contributed by atoms with van der Waals surface area (Å²) < 4.78 is 5.71. The van der Waals surface area contributed by atoms with E-state index in [9.17, 15) is 19.5 Å². The molecule has 0 aliphatic heterocycles. The molecule has 1 heterocycles. The van der Waals surface area contributed by atoms with Gasteiger partial charge in [-0.15, -0.1) is 0 Å². The largest absolute Gasteiger partial charge is 0.478 e. The standard InChI is InChI=1S/C23H17ClN2O6/c1-12(25)17(21(27)26-15-4-2-3-14(9-15)22(28)29)11-16-6-8-20(32-16)13-5-7-19(24)18(10-13)23(30)31/h2-11,25H,1H3,(H,26,27)(H,28,29)(H,30,31)/b17-11-,25-12?. The Bertz CT molecular complexity index is 1270. The number of halogens is 1. The lowest BCUT2D eigenvalue weighted by Gasteiger charge is -2.08. The molecule has 0 fully saturated rings. The van der Waals surface area contributed by atoms with Crippen molar-refractivity contribution < 1.29 is 29.0 Å². The Morgan fingerprint density at radius 1 is 1.03 bits per heavy atom. The third-order valence-electron chi connectivity index (χ3n) is 4.41. The maximum atomic E-state index is 12.7. The Balaban J connectivity index is 1.88. The number of anilines is 1. The highest BCUT2D eigenvalue weighted by molar-refractivity contribution is 6.33. The molecule has 4 N–H and O–H groups in total. The van der Waals surface area contributed by atoms with E-state index in [1.54, 1.807) is 18.2 Å². The molecule has 3 rings (SSSR count). The number of aromatic carboxylic acids is 2. The first-order chi connectivity index (χ1) is 15.2. The van der Waals surface area contributed by atoms with Crippen LogP contribution >= 0.6 is 11.6 Å². The van der Waals surface area contributed by atoms with Crippen LogP contribution in [0.2, 0.25) is 5.02 Å². The summed E-state index contributed by atoms with van der Waals surface area (Å²) in [6, 6.07) is 13.3. The van der Waals surface area contributed by atoms with E-state index in [-0.39, 0.29) is 38.9 Å². The second-order valence-electron chi connectivity index (χ2n) is 6.72. The van der Waals surface area contributed by atoms with E-state index >= 15 is 0 Å². The van der Waals surface area contributed by atoms with Gasteiger partial charge in [0.1, 0.15) is 11.5 Å². The van der Waals surface area contributed by atoms with Crippen molar-refractivity contribution in [1.82, 2.24) is 0 Å². The highest BCUT2D eigenvalue weighted by Crippen LogP contribution is 2.28. The third-order valence-corrected chi connectivity index (χ3v) is 4.74. The van der Waals surface area contributed by atoms with Crippen LogP contribution in [-0.2, 0) is 4.79 Å². The molecule has 0 spiro atoms. The van der Waals surface area contributed by atoms with Crippen molar-refractivity contribution in [3.63, 3.8) is 0 Å². The molecule has 0 atom stereocenters. The van der Waals surface area contributed by atoms with Gasteiger partial charge < -0.3 is 25.4 Å². The number of carboxylic acid groups (broad SMARTS) is 2. The second-order valence-corrected chi connectivity index (χ2v) is 7.13. The van der Waals surface area contributed by atoms with E-state index < -0.39 is 17.8 Å². The highest BCUT2D eigenvalue weighted by atomic mass is 35.5. The zero-order valence-corrected chi connectivity index (χ0v) is 17.4. The van der Waals surface area contributed by atoms with Crippen molar-refractivity contribution in [1.29, 1.82) is 5.41 Å². The fourth-order valence-electron chi connectivity index (χ4n) is 2.84. The number of carbonyl (C=O) groups is 3. The van der Waals surface area contributed by atoms with Crippen LogP contribution < -0.4 is 5.32 Å². The van der Waals surface area contributed by atoms with Gasteiger partial charge >= 0.3 is 11.9 Å². The van der Waals surface area contributed by atoms with Crippen molar-refractivity contribution in [2.24, 2.45) is 0 Å². The molecule has 0 bridgehead atoms. The maximum absolute atomic E-state index is 12.7. The molecule has 9 heteroatoms. The van der Waals surface area contributed by atoms with Gasteiger partial charge in [-0.25, -0.2) is 9.59 Å². The molecule has 0 aliphatic rings. The first kappa shape index (κ1) is 22.5. The second kappa shape index (κ2) is 9.32. The molecule has 1 aromatic heterocycles. The van der Waals surface area contributed by atoms with E-state index in [0.29, 0.717) is 11.3 Å². The monoisotopic (exact) mass is 452 g/mol. The summed E-state index contributed by atoms with van der Waals surface area (Å²) >= 11 is 5.89. The summed E-state index contributed by atoms with van der Waals surface area (Å²) in [6.45, 7) is 1.43. The normalized spacial score (nSPS) is 11.1. The molecule has 32 heavy (non-hydrogen) atoms. The lowest BCUT2D eigenvalue weighted by atomic mass is 10.1. The SMILES string of the molecule is CC(=N)/C(=C/c1ccc(-c2ccc(Cl)c(C(=O)O)c2)o1)C(=O)Nc1cccc(C(=O)O)c1. The number of hydrogen-bond donors (Lipinski definition) is 4. The van der Waals surface area contributed by atoms with Crippen LogP contribution in [0, 0.1) is 5.41 Å². The molecule has 0 saturated carbocycles. The van der Waals surface area contributed by atoms with Gasteiger partial charge in [0.05, 0.1) is 21.7 Å². The Morgan fingerprint density at radius 2 is 1.78 bits per heavy atom. The van der Waals surface area contributed by atoms with Crippen LogP contribution in [0.25, 0.3) is 17.4 Å². The van der Waals surface area contributed by atoms with E-state index in [1.807, 2.05) is 0 Å². The molecule has 3 aromatic rings. The molecule has 162 valence electrons. The van der Waals surface area contributed by atoms with Crippen LogP contribution in [0.15, 0.2) is 64.6 Å². The van der Waals surface area contributed by atoms with Crippen LogP contribution in [0.1, 0.15) is 33.4 Å². The van der Waals surface area contributed by atoms with E-state index in [1.165, 1.54) is 49.4 Å². The minimum Gasteiger partial charge on any atom is -0.478 e. The van der Waals surface area contributed by atoms with Gasteiger partial charge in [0.2, 0.25) is 0 Å². The van der Waals surface area contributed by atoms with Gasteiger partial charge in [-0.1, -0.05) is 17.7 Å². The molecule has 0 aliphatic carbocycles. The number of carbonyl (C=O) groups excluding carboxylic acids is 1. The van der Waals surface area contributed by atoms with Gasteiger partial charge in [0.15, 0.2) is 0 Å². The van der Waals surface area contributed by atoms with Crippen molar-refractivity contribution in [2.45, 2.75) is 6.92 Å². The molecule has 8 nitrogen and oxygen atoms in total. The van der Waals surface area contributed by atoms with Crippen molar-refractivity contribution in [3.8, 4) is 11.3 Å². The Kier molecular flexibility index (Phi) is 6.56. The number of rotatable bonds is 7. The average molecular weight is 453 g/mol. The number of hydrogen-bond acceptors (Lipinski definition) is 5. The maximum Gasteiger partial charge on any atom is 0.337 e. The van der Waals surface area contributed by atoms with Crippen LogP contribution in [-0.4, -0.2) is 33.8 Å². The van der Waals surface area contributed by atoms with Gasteiger partial charge in [-0.3, -0.25) is 4.79 Å². The predicted molar refractivity (Wildman–Crippen MR) is 120 cm³/mol. The molecule has 1 amide bonds. The number of furan rings is 1. The summed E-state index contributed by atoms with van der Waals surface area (Å²) in [7, 11) is 0. The zero-order chi connectivity index (χ0) is 23.4. The third kappa shape index (κ3) is 5.11. The van der Waals surface area contributed by atoms with E-state index in [2.05, 4.69) is 5.32 Å². The Labute approximate surface area is 187 Å². The first-order valence-corrected chi connectivity index (χ1v) is 9.58. The summed E-state index contributed by atoms with van der Waals surface area (Å²) in [5, 5.41) is 28.9. The zero-order valence-electron chi connectivity index (χ0n) is 16.7. The molecular formula is C23H17ClN2O6. The number of benzene rings is 2. The van der Waals surface area contributed by atoms with Crippen LogP contribution in [0.5, 0.6) is 0 Å². The van der Waals surface area contributed by atoms with Crippen molar-refractivity contribution in [2.75, 3.05) is 5.32 Å². The van der Waals surface area contributed by atoms with Gasteiger partial charge in [0, 0.05) is 17.0 Å². The van der Waals surface area contributed by atoms with Crippen LogP contribution in [0.3, 0.4) is 0 Å². The lowest BCUT2D eigenvalue weighted by Crippen LogP contribution is -2.18. The van der Waals surface area contributed by atoms with Crippen molar-refractivity contribution in [3.05, 3.63) is 82.1 Å². The van der Waals surface area contributed by atoms with E-state index in [0.717, 1.165) is 0 Å². The smallest absolute Gasteiger partial charge is 0.337 e. The minimum absolute atomic E-state index is 0.00830. The van der Waals surface area contributed by atoms with Gasteiger partial charge in [-0.05, 0) is 61.5 Å². The summed E-state index contributed by atoms with van der Waals surface area (Å²) in [5.41, 5.74) is 0.665.